The fourth-order valence-electron chi connectivity index (χ4n) is 1.36. The van der Waals surface area contributed by atoms with Crippen LogP contribution in [0.5, 0.6) is 0 Å². The first-order valence-electron chi connectivity index (χ1n) is 4.91. The van der Waals surface area contributed by atoms with E-state index in [0.717, 1.165) is 0 Å². The van der Waals surface area contributed by atoms with E-state index in [1.807, 2.05) is 0 Å². The van der Waals surface area contributed by atoms with E-state index in [9.17, 15) is 15.0 Å². The van der Waals surface area contributed by atoms with Gasteiger partial charge in [0, 0.05) is 0 Å². The highest BCUT2D eigenvalue weighted by molar-refractivity contribution is 7.78. The summed E-state index contributed by atoms with van der Waals surface area (Å²) in [6, 6.07) is 4.36. The van der Waals surface area contributed by atoms with Crippen LogP contribution in [0, 0.1) is 0 Å². The molecule has 1 rings (SSSR count). The fraction of sp³-hybridized carbons (Fsp3) is 0.273. The third-order valence-corrected chi connectivity index (χ3v) is 2.62. The Morgan fingerprint density at radius 2 is 2.17 bits per heavy atom. The second kappa shape index (κ2) is 6.58. The number of hydrogen-bond donors (Lipinski definition) is 3. The van der Waals surface area contributed by atoms with Gasteiger partial charge in [-0.1, -0.05) is 17.7 Å². The molecule has 0 radical (unpaired) electrons. The molecule has 3 N–H and O–H groups in total. The monoisotopic (exact) mass is 287 g/mol. The number of aliphatic hydroxyl groups is 2. The van der Waals surface area contributed by atoms with Crippen molar-refractivity contribution in [1.29, 1.82) is 0 Å². The Balaban J connectivity index is 2.93. The van der Waals surface area contributed by atoms with E-state index in [0.29, 0.717) is 11.3 Å². The number of carbonyl (C=O) groups is 1. The molecule has 0 fully saturated rings. The third-order valence-electron chi connectivity index (χ3n) is 2.23. The first-order valence-corrected chi connectivity index (χ1v) is 5.69. The summed E-state index contributed by atoms with van der Waals surface area (Å²) in [5, 5.41) is 30.1. The van der Waals surface area contributed by atoms with Gasteiger partial charge < -0.3 is 15.3 Å². The Morgan fingerprint density at radius 3 is 2.67 bits per heavy atom. The first kappa shape index (κ1) is 14.8. The molecule has 18 heavy (non-hydrogen) atoms. The Hall–Kier alpha value is -1.30. The summed E-state index contributed by atoms with van der Waals surface area (Å²) in [5.74, 6) is -1.20. The number of thiocarbonyl (C=S) groups is 1. The van der Waals surface area contributed by atoms with Gasteiger partial charge in [-0.25, -0.2) is 0 Å². The van der Waals surface area contributed by atoms with Gasteiger partial charge in [0.15, 0.2) is 0 Å². The molecule has 0 heterocycles. The second-order valence-electron chi connectivity index (χ2n) is 3.52. The second-order valence-corrected chi connectivity index (χ2v) is 4.11. The van der Waals surface area contributed by atoms with Crippen molar-refractivity contribution in [3.63, 3.8) is 0 Å². The topological polar surface area (TPSA) is 90.1 Å². The minimum atomic E-state index is -1.40. The number of hydrogen-bond acceptors (Lipinski definition) is 5. The van der Waals surface area contributed by atoms with E-state index in [2.05, 4.69) is 22.4 Å². The van der Waals surface area contributed by atoms with Crippen LogP contribution in [0.3, 0.4) is 0 Å². The maximum Gasteiger partial charge on any atom is 0.306 e. The Bertz CT molecular complexity index is 502. The lowest BCUT2D eigenvalue weighted by atomic mass is 10.0. The molecule has 2 unspecified atom stereocenters. The molecule has 7 heteroatoms. The molecule has 96 valence electrons. The average molecular weight is 288 g/mol. The number of aliphatic hydroxyl groups excluding tert-OH is 2. The smallest absolute Gasteiger partial charge is 0.306 e. The molecule has 0 bridgehead atoms. The van der Waals surface area contributed by atoms with Crippen molar-refractivity contribution in [2.75, 3.05) is 0 Å². The van der Waals surface area contributed by atoms with Gasteiger partial charge in [-0.15, -0.1) is 0 Å². The van der Waals surface area contributed by atoms with E-state index in [-0.39, 0.29) is 5.02 Å². The van der Waals surface area contributed by atoms with Gasteiger partial charge in [0.2, 0.25) is 0 Å². The molecule has 0 saturated carbocycles. The summed E-state index contributed by atoms with van der Waals surface area (Å²) in [6.07, 6.45) is -3.29. The van der Waals surface area contributed by atoms with E-state index >= 15 is 0 Å². The molecule has 0 spiro atoms. The standard InChI is InChI=1S/C11H10ClNO4S/c12-7-3-6(1-2-8(7)13-5-18)11(17)9(14)4-10(15)16/h1-3,9,11,14,17H,4H2,(H,15,16). The number of carboxylic acids is 1. The minimum Gasteiger partial charge on any atom is -0.481 e. The number of nitrogens with zero attached hydrogens (tertiary/aromatic N) is 1. The van der Waals surface area contributed by atoms with Gasteiger partial charge >= 0.3 is 5.97 Å². The van der Waals surface area contributed by atoms with E-state index in [1.54, 1.807) is 0 Å². The third kappa shape index (κ3) is 3.87. The normalized spacial score (nSPS) is 13.5. The van der Waals surface area contributed by atoms with Crippen LogP contribution in [0.1, 0.15) is 18.1 Å². The van der Waals surface area contributed by atoms with Crippen molar-refractivity contribution in [2.24, 2.45) is 4.99 Å². The van der Waals surface area contributed by atoms with Crippen LogP contribution in [-0.4, -0.2) is 32.6 Å². The molecule has 1 aromatic carbocycles. The van der Waals surface area contributed by atoms with E-state index in [1.165, 1.54) is 18.2 Å². The lowest BCUT2D eigenvalue weighted by Crippen LogP contribution is -2.21. The molecule has 0 amide bonds. The summed E-state index contributed by atoms with van der Waals surface area (Å²) in [4.78, 5) is 14.1. The van der Waals surface area contributed by atoms with Gasteiger partial charge in [-0.05, 0) is 29.9 Å². The number of aliphatic carboxylic acids is 1. The van der Waals surface area contributed by atoms with Crippen molar-refractivity contribution in [3.05, 3.63) is 28.8 Å². The van der Waals surface area contributed by atoms with Crippen molar-refractivity contribution in [3.8, 4) is 0 Å². The lowest BCUT2D eigenvalue weighted by Gasteiger charge is -2.16. The summed E-state index contributed by atoms with van der Waals surface area (Å²) in [7, 11) is 0. The van der Waals surface area contributed by atoms with Crippen LogP contribution in [0.15, 0.2) is 23.2 Å². The van der Waals surface area contributed by atoms with Crippen molar-refractivity contribution in [2.45, 2.75) is 18.6 Å². The largest absolute Gasteiger partial charge is 0.481 e. The van der Waals surface area contributed by atoms with Crippen molar-refractivity contribution < 1.29 is 20.1 Å². The minimum absolute atomic E-state index is 0.228. The molecule has 0 aliphatic rings. The summed E-state index contributed by atoms with van der Waals surface area (Å²) in [5.41, 5.74) is 0.687. The molecular weight excluding hydrogens is 278 g/mol. The number of aliphatic imine (C=N–C) groups is 1. The molecule has 0 aliphatic heterocycles. The quantitative estimate of drug-likeness (QED) is 0.569. The van der Waals surface area contributed by atoms with Gasteiger partial charge in [0.1, 0.15) is 6.10 Å². The Kier molecular flexibility index (Phi) is 5.40. The van der Waals surface area contributed by atoms with Gasteiger partial charge in [0.05, 0.1) is 28.4 Å². The molecule has 0 aliphatic carbocycles. The van der Waals surface area contributed by atoms with E-state index in [4.69, 9.17) is 16.7 Å². The predicted octanol–water partition coefficient (Wildman–Crippen LogP) is 1.94. The zero-order valence-corrected chi connectivity index (χ0v) is 10.6. The maximum atomic E-state index is 10.4. The molecule has 2 atom stereocenters. The SMILES string of the molecule is O=C(O)CC(O)C(O)c1ccc(N=C=S)c(Cl)c1. The zero-order chi connectivity index (χ0) is 13.7. The summed E-state index contributed by atoms with van der Waals surface area (Å²) < 4.78 is 0. The number of rotatable bonds is 5. The van der Waals surface area contributed by atoms with Gasteiger partial charge in [-0.2, -0.15) is 4.99 Å². The highest BCUT2D eigenvalue weighted by Gasteiger charge is 2.21. The highest BCUT2D eigenvalue weighted by Crippen LogP contribution is 2.29. The van der Waals surface area contributed by atoms with Crippen molar-refractivity contribution >= 4 is 40.6 Å². The molecule has 1 aromatic rings. The number of halogens is 1. The lowest BCUT2D eigenvalue weighted by molar-refractivity contribution is -0.141. The Morgan fingerprint density at radius 1 is 1.50 bits per heavy atom. The number of carboxylic acid groups (broad SMARTS) is 1. The van der Waals surface area contributed by atoms with Crippen molar-refractivity contribution in [1.82, 2.24) is 0 Å². The van der Waals surface area contributed by atoms with Crippen LogP contribution in [0.2, 0.25) is 5.02 Å². The van der Waals surface area contributed by atoms with Crippen LogP contribution >= 0.6 is 23.8 Å². The predicted molar refractivity (Wildman–Crippen MR) is 69.4 cm³/mol. The number of benzene rings is 1. The average Bonchev–Trinajstić information content (AvgIpc) is 2.30. The summed E-state index contributed by atoms with van der Waals surface area (Å²) in [6.45, 7) is 0. The molecular formula is C11H10ClNO4S. The van der Waals surface area contributed by atoms with Crippen LogP contribution in [0.4, 0.5) is 5.69 Å². The highest BCUT2D eigenvalue weighted by atomic mass is 35.5. The molecule has 0 saturated heterocycles. The fourth-order valence-corrected chi connectivity index (χ4v) is 1.69. The van der Waals surface area contributed by atoms with E-state index < -0.39 is 24.6 Å². The summed E-state index contributed by atoms with van der Waals surface area (Å²) >= 11 is 10.3. The maximum absolute atomic E-state index is 10.4. The van der Waals surface area contributed by atoms with Crippen LogP contribution in [-0.2, 0) is 4.79 Å². The molecule has 0 aromatic heterocycles. The van der Waals surface area contributed by atoms with Crippen LogP contribution in [0.25, 0.3) is 0 Å². The first-order chi connectivity index (χ1) is 8.45. The van der Waals surface area contributed by atoms with Gasteiger partial charge in [0.25, 0.3) is 0 Å². The number of isothiocyanates is 1. The van der Waals surface area contributed by atoms with Gasteiger partial charge in [-0.3, -0.25) is 4.79 Å². The molecule has 5 nitrogen and oxygen atoms in total. The zero-order valence-electron chi connectivity index (χ0n) is 9.08. The van der Waals surface area contributed by atoms with Crippen LogP contribution < -0.4 is 0 Å². The Labute approximate surface area is 113 Å².